The minimum absolute atomic E-state index is 0.0668. The second kappa shape index (κ2) is 9.39. The van der Waals surface area contributed by atoms with Gasteiger partial charge >= 0.3 is 12.0 Å². The molecule has 0 aliphatic rings. The molecule has 0 heterocycles. The van der Waals surface area contributed by atoms with E-state index in [-0.39, 0.29) is 16.9 Å². The number of nitro groups is 1. The molecule has 0 aliphatic heterocycles. The molecule has 8 nitrogen and oxygen atoms in total. The fraction of sp³-hybridized carbons (Fsp3) is 0.467. The summed E-state index contributed by atoms with van der Waals surface area (Å²) in [5, 5.41) is 16.1. The molecule has 0 spiro atoms. The van der Waals surface area contributed by atoms with E-state index in [4.69, 9.17) is 0 Å². The molecular weight excluding hydrogens is 302 g/mol. The summed E-state index contributed by atoms with van der Waals surface area (Å²) in [5.74, 6) is -0.757. The number of anilines is 1. The Morgan fingerprint density at radius 3 is 2.61 bits per heavy atom. The Balaban J connectivity index is 2.82. The topological polar surface area (TPSA) is 111 Å². The number of ether oxygens (including phenoxy) is 1. The standard InChI is InChI=1S/C15H21N3O5/c1-3-4-5-6-10-16-15(20)17-13-11(14(19)23-2)8-7-9-12(13)18(21)22/h7-9H,3-6,10H2,1-2H3,(H2,16,17,20). The molecule has 0 saturated carbocycles. The van der Waals surface area contributed by atoms with Crippen molar-refractivity contribution in [3.8, 4) is 0 Å². The van der Waals surface area contributed by atoms with E-state index in [1.54, 1.807) is 0 Å². The maximum Gasteiger partial charge on any atom is 0.340 e. The number of urea groups is 1. The Morgan fingerprint density at radius 1 is 1.26 bits per heavy atom. The average molecular weight is 323 g/mol. The van der Waals surface area contributed by atoms with Crippen LogP contribution in [0.3, 0.4) is 0 Å². The van der Waals surface area contributed by atoms with Gasteiger partial charge in [-0.1, -0.05) is 32.3 Å². The molecule has 1 aromatic carbocycles. The van der Waals surface area contributed by atoms with Gasteiger partial charge in [-0.25, -0.2) is 9.59 Å². The third kappa shape index (κ3) is 5.57. The molecule has 0 saturated heterocycles. The number of hydrogen-bond donors (Lipinski definition) is 2. The van der Waals surface area contributed by atoms with Crippen LogP contribution in [0.5, 0.6) is 0 Å². The summed E-state index contributed by atoms with van der Waals surface area (Å²) >= 11 is 0. The van der Waals surface area contributed by atoms with Crippen LogP contribution >= 0.6 is 0 Å². The molecule has 126 valence electrons. The van der Waals surface area contributed by atoms with Gasteiger partial charge in [0.1, 0.15) is 5.69 Å². The summed E-state index contributed by atoms with van der Waals surface area (Å²) in [6.07, 6.45) is 3.99. The largest absolute Gasteiger partial charge is 0.465 e. The number of nitro benzene ring substituents is 1. The lowest BCUT2D eigenvalue weighted by molar-refractivity contribution is -0.383. The molecule has 1 aromatic rings. The normalized spacial score (nSPS) is 10.0. The first kappa shape index (κ1) is 18.4. The minimum Gasteiger partial charge on any atom is -0.465 e. The maximum atomic E-state index is 11.9. The van der Waals surface area contributed by atoms with E-state index in [2.05, 4.69) is 22.3 Å². The summed E-state index contributed by atoms with van der Waals surface area (Å²) in [6, 6.07) is 3.33. The number of carbonyl (C=O) groups excluding carboxylic acids is 2. The monoisotopic (exact) mass is 323 g/mol. The highest BCUT2D eigenvalue weighted by Crippen LogP contribution is 2.28. The van der Waals surface area contributed by atoms with Crippen molar-refractivity contribution < 1.29 is 19.2 Å². The quantitative estimate of drug-likeness (QED) is 0.330. The van der Waals surface area contributed by atoms with Gasteiger partial charge in [-0.2, -0.15) is 0 Å². The third-order valence-electron chi connectivity index (χ3n) is 3.20. The van der Waals surface area contributed by atoms with E-state index in [1.807, 2.05) is 0 Å². The lowest BCUT2D eigenvalue weighted by atomic mass is 10.1. The molecule has 2 N–H and O–H groups in total. The lowest BCUT2D eigenvalue weighted by Crippen LogP contribution is -2.30. The van der Waals surface area contributed by atoms with Crippen molar-refractivity contribution in [1.29, 1.82) is 0 Å². The van der Waals surface area contributed by atoms with Crippen LogP contribution in [0.1, 0.15) is 43.0 Å². The van der Waals surface area contributed by atoms with Crippen LogP contribution in [-0.4, -0.2) is 30.6 Å². The number of unbranched alkanes of at least 4 members (excludes halogenated alkanes) is 3. The van der Waals surface area contributed by atoms with Crippen LogP contribution in [0.15, 0.2) is 18.2 Å². The van der Waals surface area contributed by atoms with Crippen LogP contribution < -0.4 is 10.6 Å². The fourth-order valence-electron chi connectivity index (χ4n) is 2.02. The van der Waals surface area contributed by atoms with Crippen LogP contribution in [0.2, 0.25) is 0 Å². The number of para-hydroxylation sites is 1. The molecule has 0 fully saturated rings. The van der Waals surface area contributed by atoms with Gasteiger partial charge in [-0.3, -0.25) is 10.1 Å². The first-order valence-corrected chi connectivity index (χ1v) is 7.41. The summed E-state index contributed by atoms with van der Waals surface area (Å²) in [5.41, 5.74) is -0.604. The Bertz CT molecular complexity index is 574. The molecular formula is C15H21N3O5. The van der Waals surface area contributed by atoms with E-state index < -0.39 is 16.9 Å². The first-order chi connectivity index (χ1) is 11.0. The Morgan fingerprint density at radius 2 is 2.00 bits per heavy atom. The molecule has 0 bridgehead atoms. The van der Waals surface area contributed by atoms with Gasteiger partial charge in [0, 0.05) is 12.6 Å². The van der Waals surface area contributed by atoms with Gasteiger partial charge in [0.2, 0.25) is 0 Å². The van der Waals surface area contributed by atoms with E-state index in [1.165, 1.54) is 25.3 Å². The molecule has 0 radical (unpaired) electrons. The fourth-order valence-corrected chi connectivity index (χ4v) is 2.02. The maximum absolute atomic E-state index is 11.9. The van der Waals surface area contributed by atoms with Crippen LogP contribution in [0.25, 0.3) is 0 Å². The number of hydrogen-bond acceptors (Lipinski definition) is 5. The number of amides is 2. The van der Waals surface area contributed by atoms with Gasteiger partial charge in [0.25, 0.3) is 5.69 Å². The number of carbonyl (C=O) groups is 2. The predicted octanol–water partition coefficient (Wildman–Crippen LogP) is 3.08. The summed E-state index contributed by atoms with van der Waals surface area (Å²) in [4.78, 5) is 34.0. The van der Waals surface area contributed by atoms with Crippen molar-refractivity contribution in [3.63, 3.8) is 0 Å². The van der Waals surface area contributed by atoms with Gasteiger partial charge in [-0.05, 0) is 12.5 Å². The zero-order chi connectivity index (χ0) is 17.2. The van der Waals surface area contributed by atoms with Crippen LogP contribution in [0.4, 0.5) is 16.2 Å². The van der Waals surface area contributed by atoms with E-state index in [0.717, 1.165) is 25.7 Å². The summed E-state index contributed by atoms with van der Waals surface area (Å²) in [7, 11) is 1.17. The van der Waals surface area contributed by atoms with E-state index in [9.17, 15) is 19.7 Å². The van der Waals surface area contributed by atoms with Crippen molar-refractivity contribution in [1.82, 2.24) is 5.32 Å². The number of methoxy groups -OCH3 is 1. The van der Waals surface area contributed by atoms with Crippen molar-refractivity contribution in [2.45, 2.75) is 32.6 Å². The Labute approximate surface area is 134 Å². The first-order valence-electron chi connectivity index (χ1n) is 7.41. The average Bonchev–Trinajstić information content (AvgIpc) is 2.53. The molecule has 2 amide bonds. The molecule has 0 aromatic heterocycles. The molecule has 0 aliphatic carbocycles. The van der Waals surface area contributed by atoms with Crippen molar-refractivity contribution in [2.24, 2.45) is 0 Å². The molecule has 23 heavy (non-hydrogen) atoms. The zero-order valence-electron chi connectivity index (χ0n) is 13.3. The van der Waals surface area contributed by atoms with Crippen LogP contribution in [-0.2, 0) is 4.74 Å². The minimum atomic E-state index is -0.757. The van der Waals surface area contributed by atoms with Gasteiger partial charge < -0.3 is 15.4 Å². The Kier molecular flexibility index (Phi) is 7.52. The second-order valence-corrected chi connectivity index (χ2v) is 4.89. The second-order valence-electron chi connectivity index (χ2n) is 4.89. The highest BCUT2D eigenvalue weighted by Gasteiger charge is 2.23. The SMILES string of the molecule is CCCCCCNC(=O)Nc1c(C(=O)OC)cccc1[N+](=O)[O-]. The van der Waals surface area contributed by atoms with Crippen LogP contribution in [0, 0.1) is 10.1 Å². The molecule has 0 atom stereocenters. The Hall–Kier alpha value is -2.64. The van der Waals surface area contributed by atoms with Crippen molar-refractivity contribution >= 4 is 23.4 Å². The number of esters is 1. The summed E-state index contributed by atoms with van der Waals surface area (Å²) < 4.78 is 4.59. The van der Waals surface area contributed by atoms with E-state index >= 15 is 0 Å². The lowest BCUT2D eigenvalue weighted by Gasteiger charge is -2.11. The highest BCUT2D eigenvalue weighted by atomic mass is 16.6. The van der Waals surface area contributed by atoms with Gasteiger partial charge in [0.05, 0.1) is 17.6 Å². The molecule has 0 unspecified atom stereocenters. The number of nitrogens with zero attached hydrogens (tertiary/aromatic N) is 1. The number of rotatable bonds is 8. The summed E-state index contributed by atoms with van der Waals surface area (Å²) in [6.45, 7) is 2.54. The van der Waals surface area contributed by atoms with Gasteiger partial charge in [-0.15, -0.1) is 0 Å². The number of benzene rings is 1. The molecule has 8 heteroatoms. The van der Waals surface area contributed by atoms with Crippen molar-refractivity contribution in [3.05, 3.63) is 33.9 Å². The third-order valence-corrected chi connectivity index (χ3v) is 3.20. The van der Waals surface area contributed by atoms with E-state index in [0.29, 0.717) is 6.54 Å². The van der Waals surface area contributed by atoms with Crippen molar-refractivity contribution in [2.75, 3.05) is 19.0 Å². The highest BCUT2D eigenvalue weighted by molar-refractivity contribution is 6.03. The number of nitrogens with one attached hydrogen (secondary N) is 2. The molecule has 1 rings (SSSR count). The predicted molar refractivity (Wildman–Crippen MR) is 85.6 cm³/mol. The smallest absolute Gasteiger partial charge is 0.340 e. The zero-order valence-corrected chi connectivity index (χ0v) is 13.3. The van der Waals surface area contributed by atoms with Gasteiger partial charge in [0.15, 0.2) is 0 Å².